The van der Waals surface area contributed by atoms with Gasteiger partial charge in [-0.15, -0.1) is 11.8 Å². The molecular weight excluding hydrogens is 264 g/mol. The molecule has 0 aliphatic carbocycles. The first-order valence-electron chi connectivity index (χ1n) is 5.85. The van der Waals surface area contributed by atoms with E-state index >= 15 is 0 Å². The SMILES string of the molecule is CCCC/C=C\SC(=S)SCc1ccccc1. The van der Waals surface area contributed by atoms with Crippen LogP contribution in [0.15, 0.2) is 41.8 Å². The van der Waals surface area contributed by atoms with E-state index in [0.717, 1.165) is 15.7 Å². The van der Waals surface area contributed by atoms with E-state index in [-0.39, 0.29) is 0 Å². The monoisotopic (exact) mass is 282 g/mol. The van der Waals surface area contributed by atoms with Gasteiger partial charge in [-0.1, -0.05) is 80.2 Å². The first-order valence-corrected chi connectivity index (χ1v) is 8.12. The van der Waals surface area contributed by atoms with E-state index in [2.05, 4.69) is 42.7 Å². The third-order valence-electron chi connectivity index (χ3n) is 2.18. The van der Waals surface area contributed by atoms with Gasteiger partial charge in [-0.3, -0.25) is 0 Å². The van der Waals surface area contributed by atoms with Crippen LogP contribution >= 0.6 is 35.7 Å². The lowest BCUT2D eigenvalue weighted by atomic mass is 10.2. The minimum atomic E-state index is 0.968. The van der Waals surface area contributed by atoms with Gasteiger partial charge in [0.05, 0.1) is 0 Å². The maximum atomic E-state index is 5.31. The number of benzene rings is 1. The molecule has 0 N–H and O–H groups in total. The van der Waals surface area contributed by atoms with E-state index in [1.54, 1.807) is 23.5 Å². The van der Waals surface area contributed by atoms with Gasteiger partial charge in [0.1, 0.15) is 3.53 Å². The van der Waals surface area contributed by atoms with Crippen molar-refractivity contribution in [1.82, 2.24) is 0 Å². The summed E-state index contributed by atoms with van der Waals surface area (Å²) in [4.78, 5) is 0. The summed E-state index contributed by atoms with van der Waals surface area (Å²) in [7, 11) is 0. The summed E-state index contributed by atoms with van der Waals surface area (Å²) in [6.07, 6.45) is 5.89. The highest BCUT2D eigenvalue weighted by atomic mass is 32.2. The van der Waals surface area contributed by atoms with E-state index in [1.165, 1.54) is 18.4 Å². The zero-order valence-corrected chi connectivity index (χ0v) is 12.5. The van der Waals surface area contributed by atoms with Gasteiger partial charge in [-0.05, 0) is 17.4 Å². The number of hydrogen-bond donors (Lipinski definition) is 0. The number of thiocarbonyl (C=S) groups is 1. The lowest BCUT2D eigenvalue weighted by Gasteiger charge is -2.00. The molecule has 3 heteroatoms. The maximum absolute atomic E-state index is 5.31. The van der Waals surface area contributed by atoms with Crippen LogP contribution in [0.1, 0.15) is 31.7 Å². The number of unbranched alkanes of at least 4 members (excludes halogenated alkanes) is 2. The van der Waals surface area contributed by atoms with Gasteiger partial charge in [0.15, 0.2) is 0 Å². The molecule has 0 amide bonds. The zero-order valence-electron chi connectivity index (χ0n) is 10.1. The van der Waals surface area contributed by atoms with Crippen LogP contribution < -0.4 is 0 Å². The van der Waals surface area contributed by atoms with Crippen molar-refractivity contribution >= 4 is 39.3 Å². The Morgan fingerprint density at radius 1 is 1.29 bits per heavy atom. The predicted molar refractivity (Wildman–Crippen MR) is 86.6 cm³/mol. The number of rotatable bonds is 6. The number of thioether (sulfide) groups is 2. The summed E-state index contributed by atoms with van der Waals surface area (Å²) in [6, 6.07) is 10.4. The summed E-state index contributed by atoms with van der Waals surface area (Å²) in [5.74, 6) is 0.968. The highest BCUT2D eigenvalue weighted by Gasteiger charge is 1.97. The molecule has 0 nitrogen and oxygen atoms in total. The van der Waals surface area contributed by atoms with Crippen molar-refractivity contribution < 1.29 is 0 Å². The molecule has 0 aromatic heterocycles. The molecule has 0 atom stereocenters. The van der Waals surface area contributed by atoms with Crippen LogP contribution in [-0.2, 0) is 5.75 Å². The molecule has 0 fully saturated rings. The minimum Gasteiger partial charge on any atom is -0.103 e. The number of allylic oxidation sites excluding steroid dienone is 1. The second-order valence-corrected chi connectivity index (χ2v) is 6.74. The molecule has 0 bridgehead atoms. The van der Waals surface area contributed by atoms with Crippen molar-refractivity contribution in [1.29, 1.82) is 0 Å². The predicted octanol–water partition coefficient (Wildman–Crippen LogP) is 5.64. The fourth-order valence-corrected chi connectivity index (χ4v) is 3.02. The maximum Gasteiger partial charge on any atom is 0.108 e. The van der Waals surface area contributed by atoms with Crippen molar-refractivity contribution in [3.63, 3.8) is 0 Å². The molecule has 0 saturated heterocycles. The summed E-state index contributed by atoms with van der Waals surface area (Å²) in [5, 5.41) is 2.12. The Hall–Kier alpha value is -0.250. The highest BCUT2D eigenvalue weighted by molar-refractivity contribution is 8.47. The highest BCUT2D eigenvalue weighted by Crippen LogP contribution is 2.22. The fourth-order valence-electron chi connectivity index (χ4n) is 1.24. The van der Waals surface area contributed by atoms with Crippen molar-refractivity contribution in [3.8, 4) is 0 Å². The third kappa shape index (κ3) is 7.63. The number of hydrogen-bond acceptors (Lipinski definition) is 3. The quantitative estimate of drug-likeness (QED) is 0.489. The second kappa shape index (κ2) is 9.75. The van der Waals surface area contributed by atoms with Crippen molar-refractivity contribution in [2.24, 2.45) is 0 Å². The fraction of sp³-hybridized carbons (Fsp3) is 0.357. The van der Waals surface area contributed by atoms with E-state index in [0.29, 0.717) is 0 Å². The van der Waals surface area contributed by atoms with Crippen LogP contribution in [-0.4, -0.2) is 3.53 Å². The molecule has 0 radical (unpaired) electrons. The van der Waals surface area contributed by atoms with Crippen molar-refractivity contribution in [3.05, 3.63) is 47.4 Å². The molecule has 92 valence electrons. The van der Waals surface area contributed by atoms with E-state index < -0.39 is 0 Å². The van der Waals surface area contributed by atoms with Crippen LogP contribution in [0.25, 0.3) is 0 Å². The summed E-state index contributed by atoms with van der Waals surface area (Å²) in [6.45, 7) is 2.21. The van der Waals surface area contributed by atoms with Gasteiger partial charge < -0.3 is 0 Å². The van der Waals surface area contributed by atoms with Crippen LogP contribution in [0.2, 0.25) is 0 Å². The Balaban J connectivity index is 2.15. The van der Waals surface area contributed by atoms with E-state index in [4.69, 9.17) is 12.2 Å². The van der Waals surface area contributed by atoms with Crippen molar-refractivity contribution in [2.75, 3.05) is 0 Å². The molecule has 0 unspecified atom stereocenters. The average molecular weight is 282 g/mol. The summed E-state index contributed by atoms with van der Waals surface area (Å²) < 4.78 is 1.00. The molecular formula is C14H18S3. The largest absolute Gasteiger partial charge is 0.108 e. The Morgan fingerprint density at radius 2 is 2.06 bits per heavy atom. The van der Waals surface area contributed by atoms with Gasteiger partial charge in [-0.25, -0.2) is 0 Å². The van der Waals surface area contributed by atoms with E-state index in [9.17, 15) is 0 Å². The van der Waals surface area contributed by atoms with Gasteiger partial charge in [0.2, 0.25) is 0 Å². The molecule has 0 aliphatic heterocycles. The Bertz CT molecular complexity index is 344. The normalized spacial score (nSPS) is 10.9. The molecule has 0 saturated carbocycles. The van der Waals surface area contributed by atoms with Crippen LogP contribution in [0.3, 0.4) is 0 Å². The average Bonchev–Trinajstić information content (AvgIpc) is 2.37. The van der Waals surface area contributed by atoms with Gasteiger partial charge >= 0.3 is 0 Å². The summed E-state index contributed by atoms with van der Waals surface area (Å²) in [5.41, 5.74) is 1.33. The topological polar surface area (TPSA) is 0 Å². The van der Waals surface area contributed by atoms with Gasteiger partial charge in [0.25, 0.3) is 0 Å². The minimum absolute atomic E-state index is 0.968. The third-order valence-corrected chi connectivity index (χ3v) is 4.70. The molecule has 1 aromatic rings. The smallest absolute Gasteiger partial charge is 0.103 e. The Labute approximate surface area is 118 Å². The van der Waals surface area contributed by atoms with Gasteiger partial charge in [0, 0.05) is 5.75 Å². The molecule has 17 heavy (non-hydrogen) atoms. The van der Waals surface area contributed by atoms with Gasteiger partial charge in [-0.2, -0.15) is 0 Å². The molecule has 0 heterocycles. The van der Waals surface area contributed by atoms with E-state index in [1.807, 2.05) is 6.07 Å². The van der Waals surface area contributed by atoms with Crippen LogP contribution in [0.5, 0.6) is 0 Å². The lowest BCUT2D eigenvalue weighted by Crippen LogP contribution is -1.82. The second-order valence-electron chi connectivity index (χ2n) is 3.66. The zero-order chi connectivity index (χ0) is 12.3. The standard InChI is InChI=1S/C14H18S3/c1-2-3-4-8-11-16-14(15)17-12-13-9-6-5-7-10-13/h5-11H,2-4,12H2,1H3/b11-8-. The Kier molecular flexibility index (Phi) is 8.49. The van der Waals surface area contributed by atoms with Crippen LogP contribution in [0.4, 0.5) is 0 Å². The van der Waals surface area contributed by atoms with Crippen molar-refractivity contribution in [2.45, 2.75) is 31.9 Å². The summed E-state index contributed by atoms with van der Waals surface area (Å²) >= 11 is 8.70. The molecule has 1 aromatic carbocycles. The first kappa shape index (κ1) is 14.8. The Morgan fingerprint density at radius 3 is 2.76 bits per heavy atom. The molecule has 1 rings (SSSR count). The lowest BCUT2D eigenvalue weighted by molar-refractivity contribution is 0.815. The van der Waals surface area contributed by atoms with Crippen LogP contribution in [0, 0.1) is 0 Å². The first-order chi connectivity index (χ1) is 8.33. The molecule has 0 aliphatic rings. The molecule has 0 spiro atoms.